The topological polar surface area (TPSA) is 29.6 Å². The van der Waals surface area contributed by atoms with Gasteiger partial charge in [-0.05, 0) is 19.8 Å². The maximum absolute atomic E-state index is 10.6. The third-order valence-corrected chi connectivity index (χ3v) is 1.64. The summed E-state index contributed by atoms with van der Waals surface area (Å²) in [6.07, 6.45) is 3.82. The SMILES string of the molecule is C=CCC[C@H]1O[C@@H]1C(C)=O. The molecule has 0 saturated carbocycles. The Kier molecular flexibility index (Phi) is 2.22. The predicted octanol–water partition coefficient (Wildman–Crippen LogP) is 1.31. The van der Waals surface area contributed by atoms with Gasteiger partial charge in [-0.1, -0.05) is 6.08 Å². The number of carbonyl (C=O) groups is 1. The molecule has 1 aliphatic rings. The van der Waals surface area contributed by atoms with Crippen LogP contribution in [-0.2, 0) is 9.53 Å². The van der Waals surface area contributed by atoms with E-state index in [1.165, 1.54) is 0 Å². The number of hydrogen-bond acceptors (Lipinski definition) is 2. The molecule has 0 bridgehead atoms. The van der Waals surface area contributed by atoms with Crippen LogP contribution in [0.15, 0.2) is 12.7 Å². The minimum Gasteiger partial charge on any atom is -0.361 e. The van der Waals surface area contributed by atoms with Crippen LogP contribution in [0.5, 0.6) is 0 Å². The number of carbonyl (C=O) groups excluding carboxylic acids is 1. The number of hydrogen-bond donors (Lipinski definition) is 0. The zero-order chi connectivity index (χ0) is 7.56. The number of rotatable bonds is 4. The molecule has 0 aromatic heterocycles. The number of ketones is 1. The molecule has 2 nitrogen and oxygen atoms in total. The molecule has 1 saturated heterocycles. The second kappa shape index (κ2) is 2.97. The summed E-state index contributed by atoms with van der Waals surface area (Å²) in [4.78, 5) is 10.6. The smallest absolute Gasteiger partial charge is 0.161 e. The van der Waals surface area contributed by atoms with Gasteiger partial charge in [-0.2, -0.15) is 0 Å². The van der Waals surface area contributed by atoms with Crippen molar-refractivity contribution in [1.29, 1.82) is 0 Å². The summed E-state index contributed by atoms with van der Waals surface area (Å²) in [6, 6.07) is 0. The van der Waals surface area contributed by atoms with Gasteiger partial charge in [-0.3, -0.25) is 4.79 Å². The van der Waals surface area contributed by atoms with Crippen molar-refractivity contribution in [2.45, 2.75) is 32.0 Å². The molecule has 10 heavy (non-hydrogen) atoms. The van der Waals surface area contributed by atoms with E-state index < -0.39 is 0 Å². The first kappa shape index (κ1) is 7.48. The molecule has 1 rings (SSSR count). The van der Waals surface area contributed by atoms with Gasteiger partial charge in [-0.15, -0.1) is 6.58 Å². The fraction of sp³-hybridized carbons (Fsp3) is 0.625. The summed E-state index contributed by atoms with van der Waals surface area (Å²) in [5.74, 6) is 0.147. The first-order valence-corrected chi connectivity index (χ1v) is 3.52. The normalized spacial score (nSPS) is 29.7. The Morgan fingerprint density at radius 2 is 2.50 bits per heavy atom. The molecule has 2 heteroatoms. The molecule has 0 unspecified atom stereocenters. The van der Waals surface area contributed by atoms with E-state index in [4.69, 9.17) is 4.74 Å². The second-order valence-corrected chi connectivity index (χ2v) is 2.57. The third kappa shape index (κ3) is 1.67. The van der Waals surface area contributed by atoms with Crippen LogP contribution in [0.3, 0.4) is 0 Å². The van der Waals surface area contributed by atoms with Crippen LogP contribution in [0.1, 0.15) is 19.8 Å². The van der Waals surface area contributed by atoms with E-state index in [2.05, 4.69) is 6.58 Å². The van der Waals surface area contributed by atoms with Crippen molar-refractivity contribution < 1.29 is 9.53 Å². The minimum absolute atomic E-state index is 0.0973. The lowest BCUT2D eigenvalue weighted by atomic mass is 10.1. The summed E-state index contributed by atoms with van der Waals surface area (Å²) in [5, 5.41) is 0. The van der Waals surface area contributed by atoms with Crippen molar-refractivity contribution in [3.8, 4) is 0 Å². The average molecular weight is 140 g/mol. The number of Topliss-reactive ketones (excluding diaryl/α,β-unsaturated/α-hetero) is 1. The van der Waals surface area contributed by atoms with E-state index in [0.29, 0.717) is 0 Å². The van der Waals surface area contributed by atoms with Crippen LogP contribution < -0.4 is 0 Å². The van der Waals surface area contributed by atoms with Crippen LogP contribution in [0.25, 0.3) is 0 Å². The van der Waals surface area contributed by atoms with Crippen LogP contribution in [-0.4, -0.2) is 18.0 Å². The Balaban J connectivity index is 2.13. The van der Waals surface area contributed by atoms with Crippen molar-refractivity contribution >= 4 is 5.78 Å². The minimum atomic E-state index is -0.0973. The lowest BCUT2D eigenvalue weighted by molar-refractivity contribution is -0.118. The molecule has 1 heterocycles. The Bertz CT molecular complexity index is 151. The first-order valence-electron chi connectivity index (χ1n) is 3.52. The van der Waals surface area contributed by atoms with Gasteiger partial charge in [-0.25, -0.2) is 0 Å². The monoisotopic (exact) mass is 140 g/mol. The molecule has 56 valence electrons. The van der Waals surface area contributed by atoms with Crippen LogP contribution in [0, 0.1) is 0 Å². The zero-order valence-corrected chi connectivity index (χ0v) is 6.17. The van der Waals surface area contributed by atoms with E-state index >= 15 is 0 Å². The highest BCUT2D eigenvalue weighted by atomic mass is 16.6. The van der Waals surface area contributed by atoms with Crippen molar-refractivity contribution in [3.05, 3.63) is 12.7 Å². The molecule has 0 radical (unpaired) electrons. The molecular formula is C8H12O2. The van der Waals surface area contributed by atoms with Crippen molar-refractivity contribution in [1.82, 2.24) is 0 Å². The molecule has 0 N–H and O–H groups in total. The fourth-order valence-corrected chi connectivity index (χ4v) is 1.00. The van der Waals surface area contributed by atoms with Crippen molar-refractivity contribution in [2.24, 2.45) is 0 Å². The number of epoxide rings is 1. The Morgan fingerprint density at radius 3 is 2.90 bits per heavy atom. The maximum Gasteiger partial charge on any atom is 0.161 e. The lowest BCUT2D eigenvalue weighted by Gasteiger charge is -1.85. The molecule has 0 spiro atoms. The van der Waals surface area contributed by atoms with E-state index in [-0.39, 0.29) is 18.0 Å². The molecule has 1 fully saturated rings. The van der Waals surface area contributed by atoms with Gasteiger partial charge in [0.15, 0.2) is 5.78 Å². The molecule has 0 amide bonds. The van der Waals surface area contributed by atoms with Gasteiger partial charge in [0.25, 0.3) is 0 Å². The van der Waals surface area contributed by atoms with Crippen LogP contribution >= 0.6 is 0 Å². The molecule has 0 aromatic rings. The molecular weight excluding hydrogens is 128 g/mol. The molecule has 1 aliphatic heterocycles. The van der Waals surface area contributed by atoms with E-state index in [9.17, 15) is 4.79 Å². The van der Waals surface area contributed by atoms with Gasteiger partial charge in [0, 0.05) is 0 Å². The summed E-state index contributed by atoms with van der Waals surface area (Å²) in [6.45, 7) is 5.16. The predicted molar refractivity (Wildman–Crippen MR) is 38.8 cm³/mol. The number of allylic oxidation sites excluding steroid dienone is 1. The highest BCUT2D eigenvalue weighted by molar-refractivity contribution is 5.83. The summed E-state index contributed by atoms with van der Waals surface area (Å²) >= 11 is 0. The van der Waals surface area contributed by atoms with E-state index in [1.807, 2.05) is 6.08 Å². The fourth-order valence-electron chi connectivity index (χ4n) is 1.00. The van der Waals surface area contributed by atoms with Gasteiger partial charge in [0.05, 0.1) is 6.10 Å². The van der Waals surface area contributed by atoms with Gasteiger partial charge < -0.3 is 4.74 Å². The number of ether oxygens (including phenoxy) is 1. The standard InChI is InChI=1S/C8H12O2/c1-3-4-5-7-8(10-7)6(2)9/h3,7-8H,1,4-5H2,2H3/t7-,8-/m1/s1. The summed E-state index contributed by atoms with van der Waals surface area (Å²) in [7, 11) is 0. The Labute approximate surface area is 60.9 Å². The van der Waals surface area contributed by atoms with E-state index in [1.54, 1.807) is 6.92 Å². The van der Waals surface area contributed by atoms with E-state index in [0.717, 1.165) is 12.8 Å². The van der Waals surface area contributed by atoms with Gasteiger partial charge >= 0.3 is 0 Å². The second-order valence-electron chi connectivity index (χ2n) is 2.57. The summed E-state index contributed by atoms with van der Waals surface area (Å²) in [5.41, 5.74) is 0. The van der Waals surface area contributed by atoms with Crippen molar-refractivity contribution in [2.75, 3.05) is 0 Å². The largest absolute Gasteiger partial charge is 0.361 e. The molecule has 0 aromatic carbocycles. The third-order valence-electron chi connectivity index (χ3n) is 1.64. The lowest BCUT2D eigenvalue weighted by Crippen LogP contribution is -2.03. The quantitative estimate of drug-likeness (QED) is 0.435. The van der Waals surface area contributed by atoms with Crippen molar-refractivity contribution in [3.63, 3.8) is 0 Å². The first-order chi connectivity index (χ1) is 4.75. The highest BCUT2D eigenvalue weighted by Gasteiger charge is 2.41. The zero-order valence-electron chi connectivity index (χ0n) is 6.17. The maximum atomic E-state index is 10.6. The Morgan fingerprint density at radius 1 is 1.80 bits per heavy atom. The van der Waals surface area contributed by atoms with Crippen LogP contribution in [0.2, 0.25) is 0 Å². The molecule has 2 atom stereocenters. The van der Waals surface area contributed by atoms with Crippen LogP contribution in [0.4, 0.5) is 0 Å². The van der Waals surface area contributed by atoms with Gasteiger partial charge in [0.1, 0.15) is 6.10 Å². The summed E-state index contributed by atoms with van der Waals surface area (Å²) < 4.78 is 5.08. The highest BCUT2D eigenvalue weighted by Crippen LogP contribution is 2.26. The van der Waals surface area contributed by atoms with Gasteiger partial charge in [0.2, 0.25) is 0 Å². The average Bonchev–Trinajstić information content (AvgIpc) is 2.62. The molecule has 0 aliphatic carbocycles. The Hall–Kier alpha value is -0.630.